The van der Waals surface area contributed by atoms with Gasteiger partial charge in [0.05, 0.1) is 18.1 Å². The van der Waals surface area contributed by atoms with Crippen molar-refractivity contribution in [1.82, 2.24) is 4.90 Å². The number of amides is 1. The van der Waals surface area contributed by atoms with Crippen molar-refractivity contribution < 1.29 is 33.8 Å². The fraction of sp³-hybridized carbons (Fsp3) is 0.556. The van der Waals surface area contributed by atoms with Gasteiger partial charge in [-0.05, 0) is 20.8 Å². The van der Waals surface area contributed by atoms with Crippen LogP contribution in [0.25, 0.3) is 0 Å². The van der Waals surface area contributed by atoms with E-state index >= 15 is 0 Å². The van der Waals surface area contributed by atoms with E-state index in [1.165, 1.54) is 0 Å². The number of hydrogen-bond donors (Lipinski definition) is 1. The van der Waals surface area contributed by atoms with E-state index in [9.17, 15) is 24.8 Å². The van der Waals surface area contributed by atoms with Crippen LogP contribution in [0.5, 0.6) is 11.5 Å². The Morgan fingerprint density at radius 2 is 1.86 bits per heavy atom. The lowest BCUT2D eigenvalue weighted by Crippen LogP contribution is -2.44. The molecule has 1 aromatic rings. The molecular formula is C18H24N2O8. The Kier molecular flexibility index (Phi) is 6.32. The van der Waals surface area contributed by atoms with Crippen molar-refractivity contribution >= 4 is 17.7 Å². The minimum atomic E-state index is -0.906. The van der Waals surface area contributed by atoms with Crippen LogP contribution in [-0.2, 0) is 9.47 Å². The highest BCUT2D eigenvalue weighted by Gasteiger charge is 2.30. The van der Waals surface area contributed by atoms with E-state index in [0.29, 0.717) is 25.9 Å². The smallest absolute Gasteiger partial charge is 0.410 e. The summed E-state index contributed by atoms with van der Waals surface area (Å²) in [5.41, 5.74) is -1.47. The van der Waals surface area contributed by atoms with Gasteiger partial charge in [-0.15, -0.1) is 0 Å². The first-order chi connectivity index (χ1) is 13.0. The van der Waals surface area contributed by atoms with Crippen molar-refractivity contribution in [2.24, 2.45) is 0 Å². The van der Waals surface area contributed by atoms with Crippen molar-refractivity contribution in [2.75, 3.05) is 20.2 Å². The average Bonchev–Trinajstić information content (AvgIpc) is 2.61. The summed E-state index contributed by atoms with van der Waals surface area (Å²) in [6, 6.07) is 1.96. The number of hydrogen-bond acceptors (Lipinski definition) is 8. The number of aromatic hydroxyl groups is 1. The van der Waals surface area contributed by atoms with Crippen LogP contribution >= 0.6 is 0 Å². The Balaban J connectivity index is 2.08. The molecule has 1 N–H and O–H groups in total. The van der Waals surface area contributed by atoms with Crippen molar-refractivity contribution in [3.8, 4) is 11.5 Å². The summed E-state index contributed by atoms with van der Waals surface area (Å²) >= 11 is 0. The summed E-state index contributed by atoms with van der Waals surface area (Å²) in [5.74, 6) is -1.41. The van der Waals surface area contributed by atoms with Crippen LogP contribution < -0.4 is 4.74 Å². The topological polar surface area (TPSA) is 128 Å². The molecule has 0 bridgehead atoms. The molecule has 0 unspecified atom stereocenters. The summed E-state index contributed by atoms with van der Waals surface area (Å²) in [6.45, 7) is 6.17. The third-order valence-corrected chi connectivity index (χ3v) is 4.07. The van der Waals surface area contributed by atoms with Gasteiger partial charge in [-0.1, -0.05) is 0 Å². The van der Waals surface area contributed by atoms with Crippen molar-refractivity contribution in [2.45, 2.75) is 45.3 Å². The quantitative estimate of drug-likeness (QED) is 0.467. The SMILES string of the molecule is COC(=O)c1cc(OC2CCN(C(=O)OC(C)(C)C)CC2)c(O)cc1[N+](=O)[O-]. The molecule has 28 heavy (non-hydrogen) atoms. The molecule has 1 amide bonds. The van der Waals surface area contributed by atoms with Gasteiger partial charge in [0.15, 0.2) is 11.5 Å². The van der Waals surface area contributed by atoms with Gasteiger partial charge in [-0.3, -0.25) is 10.1 Å². The van der Waals surface area contributed by atoms with Crippen LogP contribution in [0.1, 0.15) is 44.0 Å². The van der Waals surface area contributed by atoms with E-state index in [1.807, 2.05) is 0 Å². The van der Waals surface area contributed by atoms with Gasteiger partial charge in [0.25, 0.3) is 5.69 Å². The van der Waals surface area contributed by atoms with Crippen LogP contribution in [0, 0.1) is 10.1 Å². The Morgan fingerprint density at radius 1 is 1.25 bits per heavy atom. The number of benzene rings is 1. The normalized spacial score (nSPS) is 15.1. The van der Waals surface area contributed by atoms with Crippen molar-refractivity contribution in [3.05, 3.63) is 27.8 Å². The number of carbonyl (C=O) groups is 2. The van der Waals surface area contributed by atoms with Gasteiger partial charge < -0.3 is 24.2 Å². The lowest BCUT2D eigenvalue weighted by atomic mass is 10.1. The van der Waals surface area contributed by atoms with E-state index in [0.717, 1.165) is 19.2 Å². The van der Waals surface area contributed by atoms with Gasteiger partial charge in [-0.2, -0.15) is 0 Å². The van der Waals surface area contributed by atoms with Gasteiger partial charge in [0.2, 0.25) is 0 Å². The number of phenols is 1. The maximum atomic E-state index is 12.1. The average molecular weight is 396 g/mol. The number of nitro groups is 1. The highest BCUT2D eigenvalue weighted by Crippen LogP contribution is 2.35. The molecule has 0 saturated carbocycles. The van der Waals surface area contributed by atoms with Crippen LogP contribution in [0.4, 0.5) is 10.5 Å². The number of rotatable bonds is 4. The summed E-state index contributed by atoms with van der Waals surface area (Å²) < 4.78 is 15.6. The van der Waals surface area contributed by atoms with Gasteiger partial charge >= 0.3 is 12.1 Å². The van der Waals surface area contributed by atoms with Gasteiger partial charge in [0, 0.05) is 32.0 Å². The first kappa shape index (κ1) is 21.3. The maximum Gasteiger partial charge on any atom is 0.410 e. The first-order valence-corrected chi connectivity index (χ1v) is 8.76. The highest BCUT2D eigenvalue weighted by molar-refractivity contribution is 5.94. The van der Waals surface area contributed by atoms with E-state index in [4.69, 9.17) is 9.47 Å². The third kappa shape index (κ3) is 5.24. The van der Waals surface area contributed by atoms with Crippen molar-refractivity contribution in [1.29, 1.82) is 0 Å². The molecule has 2 rings (SSSR count). The Hall–Kier alpha value is -3.04. The molecular weight excluding hydrogens is 372 g/mol. The largest absolute Gasteiger partial charge is 0.504 e. The zero-order chi connectivity index (χ0) is 21.1. The highest BCUT2D eigenvalue weighted by atomic mass is 16.6. The van der Waals surface area contributed by atoms with Gasteiger partial charge in [-0.25, -0.2) is 9.59 Å². The monoisotopic (exact) mass is 396 g/mol. The van der Waals surface area contributed by atoms with E-state index in [-0.39, 0.29) is 17.4 Å². The summed E-state index contributed by atoms with van der Waals surface area (Å²) in [4.78, 5) is 35.8. The molecule has 1 fully saturated rings. The predicted octanol–water partition coefficient (Wildman–Crippen LogP) is 2.87. The van der Waals surface area contributed by atoms with E-state index in [2.05, 4.69) is 4.74 Å². The van der Waals surface area contributed by atoms with E-state index in [1.54, 1.807) is 25.7 Å². The molecule has 1 aliphatic heterocycles. The summed E-state index contributed by atoms with van der Waals surface area (Å²) in [5, 5.41) is 21.1. The summed E-state index contributed by atoms with van der Waals surface area (Å²) in [6.07, 6.45) is 0.209. The Morgan fingerprint density at radius 3 is 2.36 bits per heavy atom. The molecule has 0 aromatic heterocycles. The Bertz CT molecular complexity index is 764. The van der Waals surface area contributed by atoms with Crippen LogP contribution in [0.3, 0.4) is 0 Å². The van der Waals surface area contributed by atoms with E-state index < -0.39 is 34.0 Å². The molecule has 1 aromatic carbocycles. The zero-order valence-corrected chi connectivity index (χ0v) is 16.3. The molecule has 1 heterocycles. The maximum absolute atomic E-state index is 12.1. The second-order valence-corrected chi connectivity index (χ2v) is 7.37. The van der Waals surface area contributed by atoms with Crippen molar-refractivity contribution in [3.63, 3.8) is 0 Å². The first-order valence-electron chi connectivity index (χ1n) is 8.76. The number of piperidine rings is 1. The molecule has 154 valence electrons. The fourth-order valence-electron chi connectivity index (χ4n) is 2.74. The molecule has 0 spiro atoms. The number of carbonyl (C=O) groups excluding carboxylic acids is 2. The van der Waals surface area contributed by atoms with Crippen LogP contribution in [0.2, 0.25) is 0 Å². The minimum Gasteiger partial charge on any atom is -0.504 e. The molecule has 1 aliphatic rings. The second-order valence-electron chi connectivity index (χ2n) is 7.37. The zero-order valence-electron chi connectivity index (χ0n) is 16.3. The molecule has 1 saturated heterocycles. The Labute approximate surface area is 162 Å². The molecule has 0 atom stereocenters. The molecule has 0 radical (unpaired) electrons. The van der Waals surface area contributed by atoms with Gasteiger partial charge in [0.1, 0.15) is 17.3 Å². The molecule has 10 nitrogen and oxygen atoms in total. The number of ether oxygens (including phenoxy) is 3. The number of nitro benzene ring substituents is 1. The number of esters is 1. The predicted molar refractivity (Wildman–Crippen MR) is 97.6 cm³/mol. The van der Waals surface area contributed by atoms with Crippen LogP contribution in [0.15, 0.2) is 12.1 Å². The second kappa shape index (κ2) is 8.32. The minimum absolute atomic E-state index is 0.0540. The lowest BCUT2D eigenvalue weighted by Gasteiger charge is -2.33. The number of methoxy groups -OCH3 is 1. The number of likely N-dealkylation sites (tertiary alicyclic amines) is 1. The summed E-state index contributed by atoms with van der Waals surface area (Å²) in [7, 11) is 1.10. The van der Waals surface area contributed by atoms with Crippen LogP contribution in [-0.4, -0.2) is 58.9 Å². The number of nitrogens with zero attached hydrogens (tertiary/aromatic N) is 2. The molecule has 10 heteroatoms. The third-order valence-electron chi connectivity index (χ3n) is 4.07. The fourth-order valence-corrected chi connectivity index (χ4v) is 2.74. The lowest BCUT2D eigenvalue weighted by molar-refractivity contribution is -0.385. The standard InChI is InChI=1S/C18H24N2O8/c1-18(2,3)28-17(23)19-7-5-11(6-8-19)27-15-9-12(16(22)26-4)13(20(24)25)10-14(15)21/h9-11,21H,5-8H2,1-4H3. The number of phenolic OH excluding ortho intramolecular Hbond substituents is 1. The molecule has 0 aliphatic carbocycles.